The van der Waals surface area contributed by atoms with Crippen LogP contribution < -0.4 is 10.2 Å². The molecule has 1 amide bonds. The fraction of sp³-hybridized carbons (Fsp3) is 0.190. The molecule has 1 aliphatic heterocycles. The molecule has 3 aromatic rings. The Hall–Kier alpha value is -3.21. The van der Waals surface area contributed by atoms with Crippen LogP contribution in [0.25, 0.3) is 0 Å². The molecule has 5 nitrogen and oxygen atoms in total. The van der Waals surface area contributed by atoms with Gasteiger partial charge in [0, 0.05) is 12.2 Å². The maximum Gasteiger partial charge on any atom is 0.230 e. The Morgan fingerprint density at radius 2 is 1.85 bits per heavy atom. The first-order valence-electron chi connectivity index (χ1n) is 8.74. The fourth-order valence-electron chi connectivity index (χ4n) is 3.28. The van der Waals surface area contributed by atoms with E-state index in [-0.39, 0.29) is 5.91 Å². The van der Waals surface area contributed by atoms with E-state index in [0.29, 0.717) is 12.2 Å². The second-order valence-electron chi connectivity index (χ2n) is 6.46. The third kappa shape index (κ3) is 3.28. The summed E-state index contributed by atoms with van der Waals surface area (Å²) in [4.78, 5) is 14.4. The highest BCUT2D eigenvalue weighted by molar-refractivity contribution is 5.91. The van der Waals surface area contributed by atoms with Gasteiger partial charge in [-0.1, -0.05) is 42.5 Å². The van der Waals surface area contributed by atoms with Crippen LogP contribution in [0, 0.1) is 6.92 Å². The number of aromatic nitrogens is 2. The first-order chi connectivity index (χ1) is 12.7. The standard InChI is InChI=1S/C21H20N4O/c1-15-6-2-3-8-17(15)14-21(26)22-19-10-11-20(24-23-19)25-13-12-16-7-4-5-9-18(16)25/h2-11H,12-14H2,1H3,(H,22,23,26). The molecule has 0 spiro atoms. The van der Waals surface area contributed by atoms with Crippen LogP contribution in [0.1, 0.15) is 16.7 Å². The van der Waals surface area contributed by atoms with Crippen molar-refractivity contribution in [2.45, 2.75) is 19.8 Å². The van der Waals surface area contributed by atoms with Crippen molar-refractivity contribution in [2.75, 3.05) is 16.8 Å². The smallest absolute Gasteiger partial charge is 0.230 e. The van der Waals surface area contributed by atoms with Crippen LogP contribution in [0.3, 0.4) is 0 Å². The normalized spacial score (nSPS) is 12.7. The number of anilines is 3. The second-order valence-corrected chi connectivity index (χ2v) is 6.46. The molecule has 5 heteroatoms. The molecule has 26 heavy (non-hydrogen) atoms. The molecule has 0 bridgehead atoms. The number of nitrogens with one attached hydrogen (secondary N) is 1. The van der Waals surface area contributed by atoms with Crippen molar-refractivity contribution in [2.24, 2.45) is 0 Å². The van der Waals surface area contributed by atoms with Crippen molar-refractivity contribution in [1.29, 1.82) is 0 Å². The first kappa shape index (κ1) is 16.3. The summed E-state index contributed by atoms with van der Waals surface area (Å²) in [6, 6.07) is 19.9. The predicted octanol–water partition coefficient (Wildman–Crippen LogP) is 3.66. The van der Waals surface area contributed by atoms with Crippen molar-refractivity contribution < 1.29 is 4.79 Å². The topological polar surface area (TPSA) is 58.1 Å². The molecule has 2 heterocycles. The van der Waals surface area contributed by atoms with E-state index >= 15 is 0 Å². The van der Waals surface area contributed by atoms with Crippen LogP contribution in [0.15, 0.2) is 60.7 Å². The summed E-state index contributed by atoms with van der Waals surface area (Å²) in [6.07, 6.45) is 1.34. The van der Waals surface area contributed by atoms with E-state index in [1.165, 1.54) is 11.3 Å². The number of fused-ring (bicyclic) bond motifs is 1. The second kappa shape index (κ2) is 6.96. The molecule has 0 saturated heterocycles. The zero-order chi connectivity index (χ0) is 17.9. The van der Waals surface area contributed by atoms with Crippen molar-refractivity contribution in [3.8, 4) is 0 Å². The highest BCUT2D eigenvalue weighted by Crippen LogP contribution is 2.32. The van der Waals surface area contributed by atoms with Crippen molar-refractivity contribution in [1.82, 2.24) is 10.2 Å². The van der Waals surface area contributed by atoms with Gasteiger partial charge in [-0.15, -0.1) is 10.2 Å². The minimum atomic E-state index is -0.0899. The average Bonchev–Trinajstić information content (AvgIpc) is 3.08. The van der Waals surface area contributed by atoms with Crippen LogP contribution in [0.4, 0.5) is 17.3 Å². The molecule has 0 aliphatic carbocycles. The van der Waals surface area contributed by atoms with Gasteiger partial charge in [-0.3, -0.25) is 4.79 Å². The number of aryl methyl sites for hydroxylation is 1. The number of para-hydroxylation sites is 1. The van der Waals surface area contributed by atoms with Gasteiger partial charge in [0.1, 0.15) is 0 Å². The number of amides is 1. The van der Waals surface area contributed by atoms with E-state index < -0.39 is 0 Å². The Morgan fingerprint density at radius 3 is 2.65 bits per heavy atom. The summed E-state index contributed by atoms with van der Waals surface area (Å²) in [6.45, 7) is 2.90. The monoisotopic (exact) mass is 344 g/mol. The largest absolute Gasteiger partial charge is 0.324 e. The van der Waals surface area contributed by atoms with E-state index in [1.54, 1.807) is 6.07 Å². The van der Waals surface area contributed by atoms with E-state index in [4.69, 9.17) is 0 Å². The van der Waals surface area contributed by atoms with Crippen molar-refractivity contribution in [3.05, 3.63) is 77.4 Å². The molecule has 0 fully saturated rings. The molecule has 0 unspecified atom stereocenters. The van der Waals surface area contributed by atoms with Crippen LogP contribution in [0.5, 0.6) is 0 Å². The molecular formula is C21H20N4O. The summed E-state index contributed by atoms with van der Waals surface area (Å²) in [7, 11) is 0. The molecule has 1 N–H and O–H groups in total. The molecule has 2 aromatic carbocycles. The zero-order valence-electron chi connectivity index (χ0n) is 14.6. The lowest BCUT2D eigenvalue weighted by atomic mass is 10.1. The van der Waals surface area contributed by atoms with Crippen LogP contribution in [-0.2, 0) is 17.6 Å². The van der Waals surface area contributed by atoms with E-state index in [9.17, 15) is 4.79 Å². The van der Waals surface area contributed by atoms with Gasteiger partial charge in [0.2, 0.25) is 5.91 Å². The van der Waals surface area contributed by atoms with Crippen LogP contribution in [-0.4, -0.2) is 22.6 Å². The molecule has 0 saturated carbocycles. The van der Waals surface area contributed by atoms with Gasteiger partial charge >= 0.3 is 0 Å². The maximum absolute atomic E-state index is 12.2. The van der Waals surface area contributed by atoms with Gasteiger partial charge in [-0.25, -0.2) is 0 Å². The summed E-state index contributed by atoms with van der Waals surface area (Å²) in [5, 5.41) is 11.3. The Balaban J connectivity index is 1.44. The maximum atomic E-state index is 12.2. The van der Waals surface area contributed by atoms with Gasteiger partial charge in [0.25, 0.3) is 0 Å². The van der Waals surface area contributed by atoms with Gasteiger partial charge < -0.3 is 10.2 Å². The van der Waals surface area contributed by atoms with Gasteiger partial charge in [0.15, 0.2) is 11.6 Å². The van der Waals surface area contributed by atoms with Gasteiger partial charge in [-0.05, 0) is 48.2 Å². The average molecular weight is 344 g/mol. The molecule has 0 radical (unpaired) electrons. The Bertz CT molecular complexity index is 937. The third-order valence-corrected chi connectivity index (χ3v) is 4.69. The number of hydrogen-bond donors (Lipinski definition) is 1. The molecular weight excluding hydrogens is 324 g/mol. The number of hydrogen-bond acceptors (Lipinski definition) is 4. The summed E-state index contributed by atoms with van der Waals surface area (Å²) >= 11 is 0. The molecule has 1 aliphatic rings. The number of carbonyl (C=O) groups excluding carboxylic acids is 1. The van der Waals surface area contributed by atoms with E-state index in [2.05, 4.69) is 38.6 Å². The van der Waals surface area contributed by atoms with Crippen LogP contribution in [0.2, 0.25) is 0 Å². The van der Waals surface area contributed by atoms with E-state index in [0.717, 1.165) is 29.9 Å². The lowest BCUT2D eigenvalue weighted by Gasteiger charge is -2.17. The zero-order valence-corrected chi connectivity index (χ0v) is 14.6. The fourth-order valence-corrected chi connectivity index (χ4v) is 3.28. The minimum Gasteiger partial charge on any atom is -0.324 e. The van der Waals surface area contributed by atoms with Crippen molar-refractivity contribution in [3.63, 3.8) is 0 Å². The Labute approximate surface area is 152 Å². The summed E-state index contributed by atoms with van der Waals surface area (Å²) in [5.41, 5.74) is 4.63. The number of rotatable bonds is 4. The Kier molecular flexibility index (Phi) is 4.35. The third-order valence-electron chi connectivity index (χ3n) is 4.69. The molecule has 130 valence electrons. The first-order valence-corrected chi connectivity index (χ1v) is 8.74. The lowest BCUT2D eigenvalue weighted by Crippen LogP contribution is -2.18. The Morgan fingerprint density at radius 1 is 1.04 bits per heavy atom. The van der Waals surface area contributed by atoms with E-state index in [1.807, 2.05) is 43.3 Å². The number of nitrogens with zero attached hydrogens (tertiary/aromatic N) is 3. The van der Waals surface area contributed by atoms with Gasteiger partial charge in [0.05, 0.1) is 6.42 Å². The minimum absolute atomic E-state index is 0.0899. The molecule has 0 atom stereocenters. The number of benzene rings is 2. The predicted molar refractivity (Wildman–Crippen MR) is 103 cm³/mol. The van der Waals surface area contributed by atoms with Gasteiger partial charge in [-0.2, -0.15) is 0 Å². The summed E-state index contributed by atoms with van der Waals surface area (Å²) < 4.78 is 0. The molecule has 1 aromatic heterocycles. The molecule has 4 rings (SSSR count). The van der Waals surface area contributed by atoms with Crippen molar-refractivity contribution >= 4 is 23.2 Å². The summed E-state index contributed by atoms with van der Waals surface area (Å²) in [5.74, 6) is 1.18. The number of carbonyl (C=O) groups is 1. The SMILES string of the molecule is Cc1ccccc1CC(=O)Nc1ccc(N2CCc3ccccc32)nn1. The quantitative estimate of drug-likeness (QED) is 0.785. The lowest BCUT2D eigenvalue weighted by molar-refractivity contribution is -0.115. The highest BCUT2D eigenvalue weighted by atomic mass is 16.1. The van der Waals surface area contributed by atoms with Crippen LogP contribution >= 0.6 is 0 Å². The highest BCUT2D eigenvalue weighted by Gasteiger charge is 2.21.